The fourth-order valence-electron chi connectivity index (χ4n) is 2.34. The molecule has 0 bridgehead atoms. The van der Waals surface area contributed by atoms with E-state index in [2.05, 4.69) is 27.7 Å². The number of urea groups is 1. The van der Waals surface area contributed by atoms with Crippen molar-refractivity contribution < 1.29 is 4.79 Å². The molecule has 0 aromatic rings. The van der Waals surface area contributed by atoms with Gasteiger partial charge in [-0.15, -0.1) is 0 Å². The summed E-state index contributed by atoms with van der Waals surface area (Å²) in [6.45, 7) is 10.1. The maximum absolute atomic E-state index is 12.1. The molecule has 1 rings (SSSR count). The molecule has 1 aliphatic heterocycles. The van der Waals surface area contributed by atoms with Gasteiger partial charge in [0.05, 0.1) is 6.04 Å². The Balaban J connectivity index is 2.76. The van der Waals surface area contributed by atoms with Gasteiger partial charge in [-0.3, -0.25) is 0 Å². The molecule has 0 aliphatic carbocycles. The highest BCUT2D eigenvalue weighted by atomic mass is 16.2. The van der Waals surface area contributed by atoms with Crippen molar-refractivity contribution in [2.24, 2.45) is 11.1 Å². The molecular weight excluding hydrogens is 202 g/mol. The highest BCUT2D eigenvalue weighted by Crippen LogP contribution is 2.30. The van der Waals surface area contributed by atoms with Gasteiger partial charge in [-0.25, -0.2) is 4.79 Å². The lowest BCUT2D eigenvalue weighted by molar-refractivity contribution is 0.170. The van der Waals surface area contributed by atoms with E-state index in [0.717, 1.165) is 13.0 Å². The first kappa shape index (κ1) is 13.3. The highest BCUT2D eigenvalue weighted by molar-refractivity contribution is 5.77. The third-order valence-electron chi connectivity index (χ3n) is 3.50. The van der Waals surface area contributed by atoms with E-state index in [-0.39, 0.29) is 17.5 Å². The molecule has 2 amide bonds. The second-order valence-electron chi connectivity index (χ2n) is 5.85. The number of carbonyl (C=O) groups excluding carboxylic acids is 1. The predicted molar refractivity (Wildman–Crippen MR) is 66.2 cm³/mol. The largest absolute Gasteiger partial charge is 0.330 e. The van der Waals surface area contributed by atoms with Crippen molar-refractivity contribution >= 4 is 6.03 Å². The molecule has 0 saturated carbocycles. The number of hydrogen-bond donors (Lipinski definition) is 1. The molecule has 4 heteroatoms. The van der Waals surface area contributed by atoms with Gasteiger partial charge in [0.1, 0.15) is 0 Å². The smallest absolute Gasteiger partial charge is 0.320 e. The molecule has 0 radical (unpaired) electrons. The van der Waals surface area contributed by atoms with E-state index in [1.807, 2.05) is 16.8 Å². The van der Waals surface area contributed by atoms with Crippen LogP contribution in [0.2, 0.25) is 0 Å². The van der Waals surface area contributed by atoms with Crippen LogP contribution >= 0.6 is 0 Å². The van der Waals surface area contributed by atoms with Crippen LogP contribution in [0.1, 0.15) is 34.1 Å². The summed E-state index contributed by atoms with van der Waals surface area (Å²) < 4.78 is 0. The zero-order valence-corrected chi connectivity index (χ0v) is 11.2. The number of carbonyl (C=O) groups is 1. The summed E-state index contributed by atoms with van der Waals surface area (Å²) in [5.41, 5.74) is 5.67. The quantitative estimate of drug-likeness (QED) is 0.794. The molecule has 1 saturated heterocycles. The van der Waals surface area contributed by atoms with E-state index in [0.29, 0.717) is 12.6 Å². The van der Waals surface area contributed by atoms with Gasteiger partial charge in [0.2, 0.25) is 0 Å². The molecule has 0 aromatic heterocycles. The molecule has 0 spiro atoms. The molecule has 1 aliphatic rings. The van der Waals surface area contributed by atoms with E-state index in [1.54, 1.807) is 0 Å². The summed E-state index contributed by atoms with van der Waals surface area (Å²) in [7, 11) is 1.90. The molecule has 2 N–H and O–H groups in total. The molecule has 2 unspecified atom stereocenters. The van der Waals surface area contributed by atoms with Gasteiger partial charge < -0.3 is 15.5 Å². The Morgan fingerprint density at radius 1 is 1.50 bits per heavy atom. The maximum atomic E-state index is 12.1. The minimum atomic E-state index is 0.127. The van der Waals surface area contributed by atoms with Crippen molar-refractivity contribution in [1.82, 2.24) is 9.80 Å². The monoisotopic (exact) mass is 227 g/mol. The first-order chi connectivity index (χ1) is 7.29. The Bertz CT molecular complexity index is 259. The Morgan fingerprint density at radius 2 is 2.06 bits per heavy atom. The third-order valence-corrected chi connectivity index (χ3v) is 3.50. The average molecular weight is 227 g/mol. The van der Waals surface area contributed by atoms with Gasteiger partial charge in [-0.05, 0) is 25.3 Å². The van der Waals surface area contributed by atoms with Crippen LogP contribution in [-0.2, 0) is 0 Å². The second kappa shape index (κ2) is 4.62. The van der Waals surface area contributed by atoms with Crippen molar-refractivity contribution in [3.8, 4) is 0 Å². The maximum Gasteiger partial charge on any atom is 0.320 e. The minimum Gasteiger partial charge on any atom is -0.330 e. The summed E-state index contributed by atoms with van der Waals surface area (Å²) in [6, 6.07) is 0.674. The topological polar surface area (TPSA) is 49.6 Å². The molecule has 0 aromatic carbocycles. The van der Waals surface area contributed by atoms with Gasteiger partial charge in [0.15, 0.2) is 0 Å². The summed E-state index contributed by atoms with van der Waals surface area (Å²) in [6.07, 6.45) is 0.871. The van der Waals surface area contributed by atoms with Crippen LogP contribution in [0.5, 0.6) is 0 Å². The molecule has 1 heterocycles. The highest BCUT2D eigenvalue weighted by Gasteiger charge is 2.42. The Hall–Kier alpha value is -0.770. The van der Waals surface area contributed by atoms with Crippen LogP contribution in [0.15, 0.2) is 0 Å². The van der Waals surface area contributed by atoms with E-state index in [1.165, 1.54) is 0 Å². The fraction of sp³-hybridized carbons (Fsp3) is 0.917. The summed E-state index contributed by atoms with van der Waals surface area (Å²) in [4.78, 5) is 15.9. The molecule has 2 atom stereocenters. The fourth-order valence-corrected chi connectivity index (χ4v) is 2.34. The normalized spacial score (nSPS) is 24.1. The van der Waals surface area contributed by atoms with E-state index >= 15 is 0 Å². The average Bonchev–Trinajstić information content (AvgIpc) is 2.44. The van der Waals surface area contributed by atoms with Crippen LogP contribution < -0.4 is 5.73 Å². The third kappa shape index (κ3) is 2.48. The molecule has 16 heavy (non-hydrogen) atoms. The minimum absolute atomic E-state index is 0.127. The Labute approximate surface area is 98.8 Å². The van der Waals surface area contributed by atoms with Crippen LogP contribution in [0.3, 0.4) is 0 Å². The van der Waals surface area contributed by atoms with Crippen molar-refractivity contribution in [3.63, 3.8) is 0 Å². The van der Waals surface area contributed by atoms with Crippen molar-refractivity contribution in [1.29, 1.82) is 0 Å². The van der Waals surface area contributed by atoms with Gasteiger partial charge in [-0.1, -0.05) is 20.8 Å². The Morgan fingerprint density at radius 3 is 2.44 bits per heavy atom. The predicted octanol–water partition coefficient (Wildman–Crippen LogP) is 1.51. The van der Waals surface area contributed by atoms with E-state index < -0.39 is 0 Å². The number of rotatable bonds is 3. The summed E-state index contributed by atoms with van der Waals surface area (Å²) >= 11 is 0. The zero-order valence-electron chi connectivity index (χ0n) is 11.2. The lowest BCUT2D eigenvalue weighted by Gasteiger charge is -2.31. The first-order valence-corrected chi connectivity index (χ1v) is 6.02. The number of hydrogen-bond acceptors (Lipinski definition) is 2. The van der Waals surface area contributed by atoms with Gasteiger partial charge in [0.25, 0.3) is 0 Å². The Kier molecular flexibility index (Phi) is 3.84. The van der Waals surface area contributed by atoms with Gasteiger partial charge in [-0.2, -0.15) is 0 Å². The standard InChI is InChI=1S/C12H25N3O/c1-9(6-7-13)15-8-10(12(2,3)4)14(5)11(15)16/h9-10H,6-8,13H2,1-5H3. The van der Waals surface area contributed by atoms with Crippen LogP contribution in [-0.4, -0.2) is 48.1 Å². The SMILES string of the molecule is CC(CCN)N1CC(C(C)(C)C)N(C)C1=O. The molecule has 94 valence electrons. The first-order valence-electron chi connectivity index (χ1n) is 6.02. The second-order valence-corrected chi connectivity index (χ2v) is 5.85. The molecular formula is C12H25N3O. The number of nitrogens with two attached hydrogens (primary N) is 1. The van der Waals surface area contributed by atoms with E-state index in [4.69, 9.17) is 5.73 Å². The van der Waals surface area contributed by atoms with Crippen LogP contribution in [0, 0.1) is 5.41 Å². The van der Waals surface area contributed by atoms with E-state index in [9.17, 15) is 4.79 Å². The molecule has 4 nitrogen and oxygen atoms in total. The van der Waals surface area contributed by atoms with Crippen molar-refractivity contribution in [3.05, 3.63) is 0 Å². The van der Waals surface area contributed by atoms with Crippen LogP contribution in [0.4, 0.5) is 4.79 Å². The van der Waals surface area contributed by atoms with Crippen molar-refractivity contribution in [2.45, 2.75) is 46.2 Å². The summed E-state index contributed by atoms with van der Waals surface area (Å²) in [5, 5.41) is 0. The number of nitrogens with zero attached hydrogens (tertiary/aromatic N) is 2. The number of amides is 2. The zero-order chi connectivity index (χ0) is 12.5. The lowest BCUT2D eigenvalue weighted by Crippen LogP contribution is -2.39. The lowest BCUT2D eigenvalue weighted by atomic mass is 9.86. The van der Waals surface area contributed by atoms with Crippen molar-refractivity contribution in [2.75, 3.05) is 20.1 Å². The van der Waals surface area contributed by atoms with Gasteiger partial charge in [0, 0.05) is 19.6 Å². The van der Waals surface area contributed by atoms with Gasteiger partial charge >= 0.3 is 6.03 Å². The molecule has 1 fully saturated rings. The number of likely N-dealkylation sites (N-methyl/N-ethyl adjacent to an activating group) is 1. The summed E-state index contributed by atoms with van der Waals surface area (Å²) in [5.74, 6) is 0. The van der Waals surface area contributed by atoms with Crippen LogP contribution in [0.25, 0.3) is 0 Å².